The van der Waals surface area contributed by atoms with Gasteiger partial charge < -0.3 is 9.47 Å². The van der Waals surface area contributed by atoms with Crippen molar-refractivity contribution in [3.63, 3.8) is 0 Å². The zero-order valence-corrected chi connectivity index (χ0v) is 25.5. The number of ether oxygens (including phenoxy) is 2. The first-order valence-corrected chi connectivity index (χ1v) is 16.3. The first-order chi connectivity index (χ1) is 18.0. The molecule has 0 fully saturated rings. The molecule has 0 aliphatic rings. The molecule has 0 saturated carbocycles. The summed E-state index contributed by atoms with van der Waals surface area (Å²) < 4.78 is 10.8. The number of hydrogen-bond donors (Lipinski definition) is 0. The fourth-order valence-electron chi connectivity index (χ4n) is 4.96. The smallest absolute Gasteiger partial charge is 0.305 e. The van der Waals surface area contributed by atoms with Gasteiger partial charge in [-0.05, 0) is 37.5 Å². The van der Waals surface area contributed by atoms with E-state index in [0.29, 0.717) is 37.9 Å². The second kappa shape index (κ2) is 28.0. The van der Waals surface area contributed by atoms with Crippen LogP contribution in [0, 0.1) is 11.8 Å². The third-order valence-electron chi connectivity index (χ3n) is 7.64. The van der Waals surface area contributed by atoms with E-state index in [4.69, 9.17) is 9.47 Å². The number of carbonyl (C=O) groups excluding carboxylic acids is 2. The Morgan fingerprint density at radius 1 is 0.486 bits per heavy atom. The molecule has 0 bridgehead atoms. The SMILES string of the molecule is CCCCCCCOC(=O)CCCCCCCCCCCC(CCC(=O)OCCCCCCC)C(C)C. The van der Waals surface area contributed by atoms with Gasteiger partial charge in [0.1, 0.15) is 0 Å². The zero-order valence-electron chi connectivity index (χ0n) is 25.5. The number of carbonyl (C=O) groups is 2. The van der Waals surface area contributed by atoms with Gasteiger partial charge in [-0.25, -0.2) is 0 Å². The number of rotatable bonds is 28. The monoisotopic (exact) mass is 524 g/mol. The fraction of sp³-hybridized carbons (Fsp3) is 0.939. The second-order valence-electron chi connectivity index (χ2n) is 11.5. The van der Waals surface area contributed by atoms with E-state index < -0.39 is 0 Å². The van der Waals surface area contributed by atoms with E-state index in [1.54, 1.807) is 0 Å². The summed E-state index contributed by atoms with van der Waals surface area (Å²) in [5.41, 5.74) is 0. The largest absolute Gasteiger partial charge is 0.466 e. The molecule has 220 valence electrons. The van der Waals surface area contributed by atoms with Crippen molar-refractivity contribution in [2.45, 2.75) is 175 Å². The average Bonchev–Trinajstić information content (AvgIpc) is 2.88. The van der Waals surface area contributed by atoms with E-state index in [1.807, 2.05) is 0 Å². The van der Waals surface area contributed by atoms with Crippen LogP contribution in [0.1, 0.15) is 175 Å². The fourth-order valence-corrected chi connectivity index (χ4v) is 4.96. The molecule has 0 N–H and O–H groups in total. The van der Waals surface area contributed by atoms with Crippen molar-refractivity contribution in [1.82, 2.24) is 0 Å². The van der Waals surface area contributed by atoms with Crippen LogP contribution in [-0.4, -0.2) is 25.2 Å². The van der Waals surface area contributed by atoms with Crippen LogP contribution in [-0.2, 0) is 19.1 Å². The van der Waals surface area contributed by atoms with Crippen LogP contribution in [0.5, 0.6) is 0 Å². The Balaban J connectivity index is 3.55. The average molecular weight is 525 g/mol. The van der Waals surface area contributed by atoms with Gasteiger partial charge >= 0.3 is 11.9 Å². The molecular weight excluding hydrogens is 460 g/mol. The molecule has 0 saturated heterocycles. The summed E-state index contributed by atoms with van der Waals surface area (Å²) in [6.07, 6.45) is 26.4. The van der Waals surface area contributed by atoms with Crippen molar-refractivity contribution in [3.8, 4) is 0 Å². The molecular formula is C33H64O4. The number of unbranched alkanes of at least 4 members (excludes halogenated alkanes) is 16. The van der Waals surface area contributed by atoms with Crippen molar-refractivity contribution in [2.24, 2.45) is 11.8 Å². The lowest BCUT2D eigenvalue weighted by molar-refractivity contribution is -0.145. The molecule has 0 aliphatic carbocycles. The third kappa shape index (κ3) is 26.3. The zero-order chi connectivity index (χ0) is 27.4. The van der Waals surface area contributed by atoms with Crippen LogP contribution < -0.4 is 0 Å². The minimum Gasteiger partial charge on any atom is -0.466 e. The van der Waals surface area contributed by atoms with Crippen LogP contribution >= 0.6 is 0 Å². The van der Waals surface area contributed by atoms with E-state index in [9.17, 15) is 9.59 Å². The predicted molar refractivity (Wildman–Crippen MR) is 158 cm³/mol. The van der Waals surface area contributed by atoms with Gasteiger partial charge in [0, 0.05) is 12.8 Å². The maximum Gasteiger partial charge on any atom is 0.305 e. The van der Waals surface area contributed by atoms with Crippen molar-refractivity contribution in [1.29, 1.82) is 0 Å². The second-order valence-corrected chi connectivity index (χ2v) is 11.5. The van der Waals surface area contributed by atoms with Gasteiger partial charge in [-0.2, -0.15) is 0 Å². The molecule has 0 aliphatic heterocycles. The summed E-state index contributed by atoms with van der Waals surface area (Å²) in [7, 11) is 0. The van der Waals surface area contributed by atoms with Crippen LogP contribution in [0.2, 0.25) is 0 Å². The molecule has 4 heteroatoms. The third-order valence-corrected chi connectivity index (χ3v) is 7.64. The van der Waals surface area contributed by atoms with Crippen LogP contribution in [0.3, 0.4) is 0 Å². The van der Waals surface area contributed by atoms with Gasteiger partial charge in [0.05, 0.1) is 13.2 Å². The first kappa shape index (κ1) is 35.9. The summed E-state index contributed by atoms with van der Waals surface area (Å²) in [5, 5.41) is 0. The Labute approximate surface area is 231 Å². The van der Waals surface area contributed by atoms with Gasteiger partial charge in [0.25, 0.3) is 0 Å². The Morgan fingerprint density at radius 3 is 1.38 bits per heavy atom. The molecule has 0 radical (unpaired) electrons. The summed E-state index contributed by atoms with van der Waals surface area (Å²) in [4.78, 5) is 23.8. The van der Waals surface area contributed by atoms with Crippen LogP contribution in [0.4, 0.5) is 0 Å². The normalized spacial score (nSPS) is 12.1. The lowest BCUT2D eigenvalue weighted by Crippen LogP contribution is -2.13. The Bertz CT molecular complexity index is 503. The van der Waals surface area contributed by atoms with Crippen molar-refractivity contribution in [3.05, 3.63) is 0 Å². The highest BCUT2D eigenvalue weighted by Crippen LogP contribution is 2.24. The molecule has 0 aromatic heterocycles. The molecule has 37 heavy (non-hydrogen) atoms. The maximum absolute atomic E-state index is 12.1. The summed E-state index contributed by atoms with van der Waals surface area (Å²) in [6.45, 7) is 10.2. The first-order valence-electron chi connectivity index (χ1n) is 16.3. The molecule has 0 rings (SSSR count). The Morgan fingerprint density at radius 2 is 0.892 bits per heavy atom. The van der Waals surface area contributed by atoms with E-state index in [2.05, 4.69) is 27.7 Å². The van der Waals surface area contributed by atoms with Gasteiger partial charge in [0.15, 0.2) is 0 Å². The summed E-state index contributed by atoms with van der Waals surface area (Å²) in [5.74, 6) is 1.25. The highest BCUT2D eigenvalue weighted by atomic mass is 16.5. The Hall–Kier alpha value is -1.06. The van der Waals surface area contributed by atoms with Gasteiger partial charge in [-0.15, -0.1) is 0 Å². The van der Waals surface area contributed by atoms with Gasteiger partial charge in [0.2, 0.25) is 0 Å². The highest BCUT2D eigenvalue weighted by Gasteiger charge is 2.15. The lowest BCUT2D eigenvalue weighted by Gasteiger charge is -2.20. The minimum absolute atomic E-state index is 0.00385. The molecule has 0 aromatic carbocycles. The number of hydrogen-bond acceptors (Lipinski definition) is 4. The van der Waals surface area contributed by atoms with Crippen LogP contribution in [0.25, 0.3) is 0 Å². The molecule has 0 heterocycles. The highest BCUT2D eigenvalue weighted by molar-refractivity contribution is 5.69. The molecule has 1 atom stereocenters. The molecule has 0 amide bonds. The molecule has 0 aromatic rings. The molecule has 1 unspecified atom stereocenters. The van der Waals surface area contributed by atoms with E-state index in [-0.39, 0.29) is 11.9 Å². The molecule has 4 nitrogen and oxygen atoms in total. The summed E-state index contributed by atoms with van der Waals surface area (Å²) in [6, 6.07) is 0. The van der Waals surface area contributed by atoms with E-state index >= 15 is 0 Å². The predicted octanol–water partition coefficient (Wildman–Crippen LogP) is 10.4. The summed E-state index contributed by atoms with van der Waals surface area (Å²) >= 11 is 0. The Kier molecular flexibility index (Phi) is 27.2. The standard InChI is InChI=1S/C33H64O4/c1-5-7-9-18-22-28-36-32(34)25-21-17-15-13-11-12-14-16-20-24-31(30(3)4)26-27-33(35)37-29-23-19-10-8-6-2/h30-31H,5-29H2,1-4H3. The minimum atomic E-state index is -0.00936. The van der Waals surface area contributed by atoms with Crippen LogP contribution in [0.15, 0.2) is 0 Å². The van der Waals surface area contributed by atoms with E-state index in [0.717, 1.165) is 32.1 Å². The van der Waals surface area contributed by atoms with Crippen molar-refractivity contribution >= 4 is 11.9 Å². The lowest BCUT2D eigenvalue weighted by atomic mass is 9.86. The van der Waals surface area contributed by atoms with Gasteiger partial charge in [-0.1, -0.05) is 137 Å². The van der Waals surface area contributed by atoms with E-state index in [1.165, 1.54) is 103 Å². The van der Waals surface area contributed by atoms with Gasteiger partial charge in [-0.3, -0.25) is 9.59 Å². The quantitative estimate of drug-likeness (QED) is 0.0754. The molecule has 0 spiro atoms. The van der Waals surface area contributed by atoms with Crippen molar-refractivity contribution in [2.75, 3.05) is 13.2 Å². The topological polar surface area (TPSA) is 52.6 Å². The van der Waals surface area contributed by atoms with Crippen molar-refractivity contribution < 1.29 is 19.1 Å². The maximum atomic E-state index is 12.1. The number of esters is 2.